The molecule has 2 aromatic carbocycles. The van der Waals surface area contributed by atoms with Gasteiger partial charge in [0, 0.05) is 19.2 Å². The van der Waals surface area contributed by atoms with Crippen LogP contribution in [0.2, 0.25) is 0 Å². The summed E-state index contributed by atoms with van der Waals surface area (Å²) in [5.74, 6) is -1.34. The average Bonchev–Trinajstić information content (AvgIpc) is 3.10. The zero-order chi connectivity index (χ0) is 21.3. The highest BCUT2D eigenvalue weighted by Gasteiger charge is 2.29. The molecule has 0 bridgehead atoms. The van der Waals surface area contributed by atoms with Gasteiger partial charge in [-0.25, -0.2) is 24.5 Å². The zero-order valence-corrected chi connectivity index (χ0v) is 16.8. The first kappa shape index (κ1) is 19.8. The van der Waals surface area contributed by atoms with E-state index < -0.39 is 12.1 Å². The molecule has 0 aliphatic heterocycles. The third-order valence-electron chi connectivity index (χ3n) is 5.12. The van der Waals surface area contributed by atoms with E-state index in [1.807, 2.05) is 36.4 Å². The van der Waals surface area contributed by atoms with Crippen LogP contribution in [0.25, 0.3) is 11.1 Å². The normalized spacial score (nSPS) is 12.2. The lowest BCUT2D eigenvalue weighted by molar-refractivity contribution is 0.0695. The lowest BCUT2D eigenvalue weighted by Gasteiger charge is -2.19. The van der Waals surface area contributed by atoms with E-state index >= 15 is 0 Å². The van der Waals surface area contributed by atoms with Gasteiger partial charge < -0.3 is 9.84 Å². The minimum Gasteiger partial charge on any atom is -0.478 e. The Hall–Kier alpha value is -3.45. The molecule has 1 amide bonds. The van der Waals surface area contributed by atoms with Gasteiger partial charge in [0.15, 0.2) is 0 Å². The number of rotatable bonds is 5. The van der Waals surface area contributed by atoms with E-state index in [9.17, 15) is 9.59 Å². The minimum atomic E-state index is -1.18. The van der Waals surface area contributed by atoms with Crippen molar-refractivity contribution < 1.29 is 19.4 Å². The highest BCUT2D eigenvalue weighted by atomic mass is 35.5. The number of benzene rings is 2. The van der Waals surface area contributed by atoms with E-state index in [0.717, 1.165) is 33.4 Å². The fourth-order valence-electron chi connectivity index (χ4n) is 3.62. The third kappa shape index (κ3) is 3.48. The topological polar surface area (TPSA) is 92.6 Å². The maximum absolute atomic E-state index is 12.6. The molecule has 0 spiro atoms. The maximum atomic E-state index is 12.6. The first-order valence-corrected chi connectivity index (χ1v) is 9.78. The Balaban J connectivity index is 1.52. The van der Waals surface area contributed by atoms with Gasteiger partial charge in [-0.3, -0.25) is 0 Å². The van der Waals surface area contributed by atoms with Gasteiger partial charge in [0.1, 0.15) is 12.2 Å². The molecule has 8 heteroatoms. The van der Waals surface area contributed by atoms with E-state index in [1.54, 1.807) is 0 Å². The Morgan fingerprint density at radius 2 is 1.70 bits per heavy atom. The number of carbonyl (C=O) groups excluding carboxylic acids is 1. The first-order valence-electron chi connectivity index (χ1n) is 9.25. The van der Waals surface area contributed by atoms with Crippen molar-refractivity contribution in [2.24, 2.45) is 0 Å². The summed E-state index contributed by atoms with van der Waals surface area (Å²) in [5.41, 5.74) is 4.53. The summed E-state index contributed by atoms with van der Waals surface area (Å²) in [6.07, 6.45) is 0.496. The van der Waals surface area contributed by atoms with Crippen LogP contribution in [0.15, 0.2) is 54.7 Å². The summed E-state index contributed by atoms with van der Waals surface area (Å²) in [4.78, 5) is 33.0. The van der Waals surface area contributed by atoms with E-state index in [2.05, 4.69) is 22.1 Å². The number of carboxylic acids is 1. The van der Waals surface area contributed by atoms with Crippen LogP contribution in [0.5, 0.6) is 0 Å². The van der Waals surface area contributed by atoms with E-state index in [0.29, 0.717) is 0 Å². The SMILES string of the molecule is CN(C(=O)OCC1c2ccccc2-c2ccccc21)c1ncc(C(=O)O)c(CCl)n1. The number of anilines is 1. The molecule has 1 heterocycles. The molecule has 0 atom stereocenters. The molecule has 0 saturated heterocycles. The van der Waals surface area contributed by atoms with Gasteiger partial charge in [-0.1, -0.05) is 48.5 Å². The Labute approximate surface area is 177 Å². The van der Waals surface area contributed by atoms with Crippen LogP contribution in [0.3, 0.4) is 0 Å². The first-order chi connectivity index (χ1) is 14.5. The number of fused-ring (bicyclic) bond motifs is 3. The molecule has 3 aromatic rings. The number of carboxylic acid groups (broad SMARTS) is 1. The number of aromatic nitrogens is 2. The van der Waals surface area contributed by atoms with Crippen LogP contribution in [-0.4, -0.2) is 40.8 Å². The highest BCUT2D eigenvalue weighted by Crippen LogP contribution is 2.44. The zero-order valence-electron chi connectivity index (χ0n) is 16.1. The number of hydrogen-bond acceptors (Lipinski definition) is 5. The van der Waals surface area contributed by atoms with Gasteiger partial charge in [0.05, 0.1) is 11.6 Å². The smallest absolute Gasteiger partial charge is 0.416 e. The molecular weight excluding hydrogens is 406 g/mol. The molecule has 7 nitrogen and oxygen atoms in total. The van der Waals surface area contributed by atoms with Crippen molar-refractivity contribution in [3.63, 3.8) is 0 Å². The molecule has 4 rings (SSSR count). The van der Waals surface area contributed by atoms with Crippen molar-refractivity contribution in [1.82, 2.24) is 9.97 Å². The van der Waals surface area contributed by atoms with Crippen LogP contribution in [-0.2, 0) is 10.6 Å². The minimum absolute atomic E-state index is 0.0212. The van der Waals surface area contributed by atoms with E-state index in [-0.39, 0.29) is 35.6 Å². The molecule has 0 saturated carbocycles. The van der Waals surface area contributed by atoms with Crippen LogP contribution in [0.4, 0.5) is 10.7 Å². The van der Waals surface area contributed by atoms with E-state index in [4.69, 9.17) is 21.4 Å². The summed E-state index contributed by atoms with van der Waals surface area (Å²) >= 11 is 5.79. The second-order valence-corrected chi connectivity index (χ2v) is 7.10. The van der Waals surface area contributed by atoms with Crippen molar-refractivity contribution in [3.05, 3.63) is 77.1 Å². The molecule has 0 unspecified atom stereocenters. The number of hydrogen-bond donors (Lipinski definition) is 1. The van der Waals surface area contributed by atoms with Crippen molar-refractivity contribution >= 4 is 29.6 Å². The second-order valence-electron chi connectivity index (χ2n) is 6.83. The van der Waals surface area contributed by atoms with Gasteiger partial charge in [-0.2, -0.15) is 0 Å². The van der Waals surface area contributed by atoms with Crippen LogP contribution in [0.1, 0.15) is 33.1 Å². The number of ether oxygens (including phenoxy) is 1. The molecule has 1 aliphatic rings. The summed E-state index contributed by atoms with van der Waals surface area (Å²) in [7, 11) is 1.46. The molecule has 0 fully saturated rings. The van der Waals surface area contributed by atoms with Crippen LogP contribution >= 0.6 is 11.6 Å². The highest BCUT2D eigenvalue weighted by molar-refractivity contribution is 6.17. The molecule has 1 aromatic heterocycles. The maximum Gasteiger partial charge on any atom is 0.416 e. The average molecular weight is 424 g/mol. The fraction of sp³-hybridized carbons (Fsp3) is 0.182. The number of aromatic carboxylic acids is 1. The van der Waals surface area contributed by atoms with Gasteiger partial charge in [-0.15, -0.1) is 11.6 Å². The Morgan fingerprint density at radius 1 is 1.10 bits per heavy atom. The summed E-state index contributed by atoms with van der Waals surface area (Å²) in [6.45, 7) is 0.159. The van der Waals surface area contributed by atoms with Crippen molar-refractivity contribution in [1.29, 1.82) is 0 Å². The third-order valence-corrected chi connectivity index (χ3v) is 5.38. The predicted molar refractivity (Wildman–Crippen MR) is 112 cm³/mol. The second kappa shape index (κ2) is 8.12. The summed E-state index contributed by atoms with van der Waals surface area (Å²) in [6, 6.07) is 16.1. The number of amides is 1. The molecule has 152 valence electrons. The van der Waals surface area contributed by atoms with Crippen molar-refractivity contribution in [2.75, 3.05) is 18.6 Å². The molecule has 0 radical (unpaired) electrons. The Kier molecular flexibility index (Phi) is 5.37. The van der Waals surface area contributed by atoms with Crippen molar-refractivity contribution in [3.8, 4) is 11.1 Å². The lowest BCUT2D eigenvalue weighted by atomic mass is 9.98. The largest absolute Gasteiger partial charge is 0.478 e. The molecule has 1 N–H and O–H groups in total. The van der Waals surface area contributed by atoms with Gasteiger partial charge in [0.2, 0.25) is 5.95 Å². The van der Waals surface area contributed by atoms with Gasteiger partial charge in [0.25, 0.3) is 0 Å². The summed E-state index contributed by atoms with van der Waals surface area (Å²) < 4.78 is 5.56. The standard InChI is InChI=1S/C22H18ClN3O4/c1-26(21-24-11-17(20(27)28)19(10-23)25-21)22(29)30-12-18-15-8-4-2-6-13(15)14-7-3-5-9-16(14)18/h2-9,11,18H,10,12H2,1H3,(H,27,28). The molecular formula is C22H18ClN3O4. The lowest BCUT2D eigenvalue weighted by Crippen LogP contribution is -2.30. The van der Waals surface area contributed by atoms with Crippen LogP contribution < -0.4 is 4.90 Å². The molecule has 30 heavy (non-hydrogen) atoms. The molecule has 1 aliphatic carbocycles. The van der Waals surface area contributed by atoms with Crippen LogP contribution in [0, 0.1) is 0 Å². The predicted octanol–water partition coefficient (Wildman–Crippen LogP) is 4.30. The fourth-order valence-corrected chi connectivity index (χ4v) is 3.82. The Morgan fingerprint density at radius 3 is 2.27 bits per heavy atom. The number of alkyl halides is 1. The number of halogens is 1. The monoisotopic (exact) mass is 423 g/mol. The summed E-state index contributed by atoms with van der Waals surface area (Å²) in [5, 5.41) is 9.16. The van der Waals surface area contributed by atoms with Gasteiger partial charge >= 0.3 is 12.1 Å². The number of carbonyl (C=O) groups is 2. The van der Waals surface area contributed by atoms with Gasteiger partial charge in [-0.05, 0) is 22.3 Å². The van der Waals surface area contributed by atoms with Crippen molar-refractivity contribution in [2.45, 2.75) is 11.8 Å². The Bertz CT molecular complexity index is 1090. The number of nitrogens with zero attached hydrogens (tertiary/aromatic N) is 3. The quantitative estimate of drug-likeness (QED) is 0.615. The van der Waals surface area contributed by atoms with E-state index in [1.165, 1.54) is 7.05 Å².